The Balaban J connectivity index is 1.72. The highest BCUT2D eigenvalue weighted by molar-refractivity contribution is 8.13. The van der Waals surface area contributed by atoms with E-state index in [2.05, 4.69) is 10.2 Å². The van der Waals surface area contributed by atoms with Gasteiger partial charge in [0, 0.05) is 31.4 Å². The molecule has 1 aliphatic rings. The van der Waals surface area contributed by atoms with Gasteiger partial charge in [-0.25, -0.2) is 4.79 Å². The van der Waals surface area contributed by atoms with Crippen LogP contribution in [0.3, 0.4) is 0 Å². The molecule has 0 radical (unpaired) electrons. The molecule has 1 fully saturated rings. The molecule has 1 unspecified atom stereocenters. The van der Waals surface area contributed by atoms with Gasteiger partial charge in [-0.2, -0.15) is 8.78 Å². The van der Waals surface area contributed by atoms with E-state index in [9.17, 15) is 43.5 Å². The molecule has 5 atom stereocenters. The van der Waals surface area contributed by atoms with Gasteiger partial charge in [-0.15, -0.1) is 10.1 Å². The molecule has 1 aliphatic carbocycles. The van der Waals surface area contributed by atoms with E-state index in [0.29, 0.717) is 37.9 Å². The largest absolute Gasteiger partial charge is 0.487 e. The summed E-state index contributed by atoms with van der Waals surface area (Å²) in [6.45, 7) is 0.223. The third-order valence-corrected chi connectivity index (χ3v) is 8.06. The van der Waals surface area contributed by atoms with Crippen LogP contribution < -0.4 is 10.1 Å². The standard InChI is InChI=1S/C31H42F2N2O10S/c1-22(36)34-26(30(40)43-17-9-10-18-45-35(41)42)20-46-29(39)14-8-3-2-7-13-24-25(28(38)19-27(24)37)15-16-31(32,33)21-44-23-11-5-4-6-12-23/h2,4-7,11-12,15-16,24-28,37-38H,3,8-10,13-14,17-21H2,1H3,(H,34,36)/b7-2-,16-15+/t24-,25-,26?,27+,28-/m1/s1. The Kier molecular flexibility index (Phi) is 17.2. The number of allylic oxidation sites excluding steroid dienone is 2. The molecule has 1 aromatic rings. The van der Waals surface area contributed by atoms with E-state index in [1.54, 1.807) is 36.4 Å². The lowest BCUT2D eigenvalue weighted by atomic mass is 9.89. The van der Waals surface area contributed by atoms with Crippen LogP contribution in [0, 0.1) is 22.0 Å². The van der Waals surface area contributed by atoms with Gasteiger partial charge in [-0.05, 0) is 56.2 Å². The zero-order chi connectivity index (χ0) is 34.0. The number of nitrogens with one attached hydrogen (secondary N) is 1. The number of halogens is 2. The van der Waals surface area contributed by atoms with Gasteiger partial charge in [0.05, 0.1) is 25.4 Å². The van der Waals surface area contributed by atoms with Gasteiger partial charge in [0.2, 0.25) is 5.91 Å². The molecule has 0 aromatic heterocycles. The van der Waals surface area contributed by atoms with Crippen molar-refractivity contribution in [3.05, 3.63) is 64.8 Å². The predicted octanol–water partition coefficient (Wildman–Crippen LogP) is 4.03. The number of carbonyl (C=O) groups excluding carboxylic acids is 3. The number of para-hydroxylation sites is 1. The summed E-state index contributed by atoms with van der Waals surface area (Å²) in [5.41, 5.74) is 0. The molecule has 2 rings (SSSR count). The zero-order valence-corrected chi connectivity index (χ0v) is 26.4. The monoisotopic (exact) mass is 672 g/mol. The van der Waals surface area contributed by atoms with E-state index in [-0.39, 0.29) is 36.9 Å². The molecule has 0 aliphatic heterocycles. The number of aliphatic hydroxyl groups excluding tert-OH is 2. The lowest BCUT2D eigenvalue weighted by Gasteiger charge is -2.20. The minimum absolute atomic E-state index is 0.0221. The molecule has 0 saturated heterocycles. The topological polar surface area (TPSA) is 175 Å². The molecule has 1 aromatic carbocycles. The molecule has 256 valence electrons. The number of hydrogen-bond donors (Lipinski definition) is 3. The van der Waals surface area contributed by atoms with E-state index >= 15 is 0 Å². The van der Waals surface area contributed by atoms with Crippen LogP contribution in [-0.4, -0.2) is 82.0 Å². The summed E-state index contributed by atoms with van der Waals surface area (Å²) in [7, 11) is 0. The number of rotatable bonds is 21. The second kappa shape index (κ2) is 20.5. The van der Waals surface area contributed by atoms with Crippen LogP contribution in [0.4, 0.5) is 8.78 Å². The number of alkyl halides is 2. The van der Waals surface area contributed by atoms with E-state index in [4.69, 9.17) is 9.47 Å². The van der Waals surface area contributed by atoms with Gasteiger partial charge in [0.1, 0.15) is 11.8 Å². The first-order chi connectivity index (χ1) is 21.9. The van der Waals surface area contributed by atoms with E-state index in [1.165, 1.54) is 13.0 Å². The maximum Gasteiger partial charge on any atom is 0.329 e. The van der Waals surface area contributed by atoms with Gasteiger partial charge in [0.15, 0.2) is 11.7 Å². The maximum atomic E-state index is 14.4. The molecular weight excluding hydrogens is 630 g/mol. The van der Waals surface area contributed by atoms with E-state index < -0.39 is 59.6 Å². The van der Waals surface area contributed by atoms with Crippen molar-refractivity contribution in [1.29, 1.82) is 0 Å². The molecule has 0 spiro atoms. The lowest BCUT2D eigenvalue weighted by molar-refractivity contribution is -0.757. The predicted molar refractivity (Wildman–Crippen MR) is 165 cm³/mol. The van der Waals surface area contributed by atoms with Crippen LogP contribution in [0.5, 0.6) is 5.75 Å². The SMILES string of the molecule is CC(=O)NC(CSC(=O)CCC/C=C\C[C@@H]1[C@@H](/C=C/C(F)(F)COc2ccccc2)[C@H](O)C[C@@H]1O)C(=O)OCCCCO[N+](=O)[O-]. The first-order valence-corrected chi connectivity index (χ1v) is 16.0. The average molecular weight is 673 g/mol. The number of aliphatic hydroxyl groups is 2. The Labute approximate surface area is 270 Å². The molecular formula is C31H42F2N2O10S. The number of hydrogen-bond acceptors (Lipinski definition) is 11. The smallest absolute Gasteiger partial charge is 0.329 e. The second-order valence-electron chi connectivity index (χ2n) is 10.8. The van der Waals surface area contributed by atoms with Crippen LogP contribution in [-0.2, 0) is 24.0 Å². The number of benzene rings is 1. The van der Waals surface area contributed by atoms with E-state index in [0.717, 1.165) is 17.8 Å². The number of ether oxygens (including phenoxy) is 2. The highest BCUT2D eigenvalue weighted by Gasteiger charge is 2.40. The van der Waals surface area contributed by atoms with E-state index in [1.807, 2.05) is 6.08 Å². The fraction of sp³-hybridized carbons (Fsp3) is 0.581. The molecule has 3 N–H and O–H groups in total. The molecule has 1 saturated carbocycles. The molecule has 12 nitrogen and oxygen atoms in total. The van der Waals surface area contributed by atoms with Crippen molar-refractivity contribution in [2.45, 2.75) is 76.0 Å². The highest BCUT2D eigenvalue weighted by Crippen LogP contribution is 2.37. The summed E-state index contributed by atoms with van der Waals surface area (Å²) in [6.07, 6.45) is 6.06. The number of esters is 1. The Morgan fingerprint density at radius 1 is 1.13 bits per heavy atom. The number of unbranched alkanes of at least 4 members (excludes halogenated alkanes) is 2. The average Bonchev–Trinajstić information content (AvgIpc) is 3.27. The van der Waals surface area contributed by atoms with Gasteiger partial charge >= 0.3 is 5.97 Å². The van der Waals surface area contributed by atoms with Crippen molar-refractivity contribution in [2.24, 2.45) is 11.8 Å². The minimum Gasteiger partial charge on any atom is -0.487 e. The van der Waals surface area contributed by atoms with Gasteiger partial charge in [0.25, 0.3) is 11.0 Å². The van der Waals surface area contributed by atoms with Crippen molar-refractivity contribution >= 4 is 28.8 Å². The van der Waals surface area contributed by atoms with Crippen LogP contribution in [0.15, 0.2) is 54.6 Å². The van der Waals surface area contributed by atoms with Crippen molar-refractivity contribution in [1.82, 2.24) is 5.32 Å². The fourth-order valence-corrected chi connectivity index (χ4v) is 5.58. The maximum absolute atomic E-state index is 14.4. The van der Waals surface area contributed by atoms with Crippen molar-refractivity contribution in [2.75, 3.05) is 25.6 Å². The summed E-state index contributed by atoms with van der Waals surface area (Å²) in [5, 5.41) is 32.3. The number of thioether (sulfide) groups is 1. The van der Waals surface area contributed by atoms with Gasteiger partial charge in [-0.3, -0.25) is 9.59 Å². The summed E-state index contributed by atoms with van der Waals surface area (Å²) in [4.78, 5) is 50.5. The normalized spacial score (nSPS) is 20.5. The molecule has 0 bridgehead atoms. The Bertz CT molecular complexity index is 1170. The van der Waals surface area contributed by atoms with Crippen molar-refractivity contribution < 1.29 is 52.8 Å². The van der Waals surface area contributed by atoms with Crippen molar-refractivity contribution in [3.8, 4) is 5.75 Å². The third kappa shape index (κ3) is 15.6. The highest BCUT2D eigenvalue weighted by atomic mass is 32.2. The summed E-state index contributed by atoms with van der Waals surface area (Å²) in [5.74, 6) is -5.27. The Morgan fingerprint density at radius 3 is 2.54 bits per heavy atom. The lowest BCUT2D eigenvalue weighted by Crippen LogP contribution is -2.43. The first-order valence-electron chi connectivity index (χ1n) is 15.0. The van der Waals surface area contributed by atoms with Crippen LogP contribution in [0.25, 0.3) is 0 Å². The fourth-order valence-electron chi connectivity index (χ4n) is 4.72. The van der Waals surface area contributed by atoms with Crippen molar-refractivity contribution in [3.63, 3.8) is 0 Å². The molecule has 15 heteroatoms. The summed E-state index contributed by atoms with van der Waals surface area (Å²) in [6, 6.07) is 7.21. The zero-order valence-electron chi connectivity index (χ0n) is 25.6. The minimum atomic E-state index is -3.27. The van der Waals surface area contributed by atoms with Gasteiger partial charge < -0.3 is 29.8 Å². The third-order valence-electron chi connectivity index (χ3n) is 7.03. The summed E-state index contributed by atoms with van der Waals surface area (Å²) >= 11 is 0.888. The summed E-state index contributed by atoms with van der Waals surface area (Å²) < 4.78 is 39.1. The number of nitrogens with zero attached hydrogens (tertiary/aromatic N) is 1. The molecule has 46 heavy (non-hydrogen) atoms. The molecule has 0 heterocycles. The number of carbonyl (C=O) groups is 3. The first kappa shape index (κ1) is 38.6. The Morgan fingerprint density at radius 2 is 1.85 bits per heavy atom. The van der Waals surface area contributed by atoms with Crippen LogP contribution in [0.2, 0.25) is 0 Å². The van der Waals surface area contributed by atoms with Crippen LogP contribution >= 0.6 is 11.8 Å². The number of amides is 1. The quantitative estimate of drug-likeness (QED) is 0.0566. The molecule has 1 amide bonds. The second-order valence-corrected chi connectivity index (χ2v) is 11.9. The van der Waals surface area contributed by atoms with Crippen LogP contribution in [0.1, 0.15) is 51.9 Å². The Hall–Kier alpha value is -3.56. The van der Waals surface area contributed by atoms with Gasteiger partial charge in [-0.1, -0.05) is 48.2 Å².